The average Bonchev–Trinajstić information content (AvgIpc) is 3.33. The Labute approximate surface area is 414 Å². The Morgan fingerprint density at radius 1 is 0.313 bits per heavy atom. The summed E-state index contributed by atoms with van der Waals surface area (Å²) in [5.74, 6) is -0.886. The van der Waals surface area contributed by atoms with Gasteiger partial charge in [-0.05, 0) is 89.9 Å². The van der Waals surface area contributed by atoms with Crippen LogP contribution < -0.4 is 0 Å². The van der Waals surface area contributed by atoms with E-state index >= 15 is 0 Å². The number of ether oxygens (including phenoxy) is 3. The fraction of sp³-hybridized carbons (Fsp3) is 0.754. The van der Waals surface area contributed by atoms with Crippen molar-refractivity contribution >= 4 is 17.9 Å². The zero-order valence-corrected chi connectivity index (χ0v) is 44.2. The molecule has 0 saturated heterocycles. The minimum atomic E-state index is -0.779. The van der Waals surface area contributed by atoms with E-state index in [2.05, 4.69) is 93.7 Å². The fourth-order valence-corrected chi connectivity index (χ4v) is 7.93. The van der Waals surface area contributed by atoms with Crippen LogP contribution >= 0.6 is 0 Å². The molecule has 0 radical (unpaired) electrons. The topological polar surface area (TPSA) is 78.9 Å². The summed E-state index contributed by atoms with van der Waals surface area (Å²) in [6, 6.07) is 0. The first kappa shape index (κ1) is 63.8. The highest BCUT2D eigenvalue weighted by atomic mass is 16.6. The molecule has 0 spiro atoms. The predicted molar refractivity (Wildman–Crippen MR) is 288 cm³/mol. The van der Waals surface area contributed by atoms with Crippen LogP contribution in [0.25, 0.3) is 0 Å². The minimum absolute atomic E-state index is 0.0778. The van der Waals surface area contributed by atoms with E-state index in [1.807, 2.05) is 0 Å². The number of esters is 3. The first-order valence-corrected chi connectivity index (χ1v) is 28.4. The molecule has 0 N–H and O–H groups in total. The van der Waals surface area contributed by atoms with Crippen LogP contribution in [0.1, 0.15) is 278 Å². The van der Waals surface area contributed by atoms with Crippen LogP contribution in [-0.4, -0.2) is 37.2 Å². The van der Waals surface area contributed by atoms with E-state index in [1.165, 1.54) is 141 Å². The van der Waals surface area contributed by atoms with Gasteiger partial charge in [0.25, 0.3) is 0 Å². The number of hydrogen-bond donors (Lipinski definition) is 0. The fourth-order valence-electron chi connectivity index (χ4n) is 7.93. The van der Waals surface area contributed by atoms with Crippen LogP contribution in [0.5, 0.6) is 0 Å². The van der Waals surface area contributed by atoms with Gasteiger partial charge in [0.15, 0.2) is 6.10 Å². The summed E-state index contributed by atoms with van der Waals surface area (Å²) < 4.78 is 16.8. The summed E-state index contributed by atoms with van der Waals surface area (Å²) in [6.45, 7) is 6.49. The largest absolute Gasteiger partial charge is 0.462 e. The molecule has 0 aliphatic heterocycles. The molecular formula is C61H106O6. The van der Waals surface area contributed by atoms with Crippen molar-refractivity contribution in [3.63, 3.8) is 0 Å². The van der Waals surface area contributed by atoms with Gasteiger partial charge in [0.1, 0.15) is 13.2 Å². The van der Waals surface area contributed by atoms with Crippen molar-refractivity contribution in [1.29, 1.82) is 0 Å². The van der Waals surface area contributed by atoms with E-state index in [9.17, 15) is 14.4 Å². The maximum Gasteiger partial charge on any atom is 0.306 e. The van der Waals surface area contributed by atoms with Crippen molar-refractivity contribution in [1.82, 2.24) is 0 Å². The molecule has 0 fully saturated rings. The van der Waals surface area contributed by atoms with Crippen LogP contribution in [0.2, 0.25) is 0 Å². The zero-order chi connectivity index (χ0) is 48.6. The second-order valence-electron chi connectivity index (χ2n) is 18.8. The second kappa shape index (κ2) is 55.4. The molecule has 0 aromatic rings. The summed E-state index contributed by atoms with van der Waals surface area (Å²) in [6.07, 6.45) is 70.4. The third kappa shape index (κ3) is 53.7. The molecule has 0 aromatic heterocycles. The molecule has 0 heterocycles. The highest BCUT2D eigenvalue weighted by molar-refractivity contribution is 5.71. The Morgan fingerprint density at radius 3 is 0.940 bits per heavy atom. The van der Waals surface area contributed by atoms with Crippen LogP contribution in [0.15, 0.2) is 72.9 Å². The highest BCUT2D eigenvalue weighted by Crippen LogP contribution is 2.15. The van der Waals surface area contributed by atoms with Crippen LogP contribution in [0, 0.1) is 0 Å². The lowest BCUT2D eigenvalue weighted by Crippen LogP contribution is -2.30. The van der Waals surface area contributed by atoms with Gasteiger partial charge in [-0.1, -0.05) is 241 Å². The van der Waals surface area contributed by atoms with Gasteiger partial charge >= 0.3 is 17.9 Å². The smallest absolute Gasteiger partial charge is 0.306 e. The number of hydrogen-bond acceptors (Lipinski definition) is 6. The molecule has 67 heavy (non-hydrogen) atoms. The first-order chi connectivity index (χ1) is 33.0. The van der Waals surface area contributed by atoms with E-state index in [-0.39, 0.29) is 31.1 Å². The van der Waals surface area contributed by atoms with E-state index in [1.54, 1.807) is 0 Å². The van der Waals surface area contributed by atoms with Crippen LogP contribution in [0.4, 0.5) is 0 Å². The van der Waals surface area contributed by atoms with E-state index in [0.717, 1.165) is 96.3 Å². The summed E-state index contributed by atoms with van der Waals surface area (Å²) in [4.78, 5) is 38.0. The average molecular weight is 936 g/mol. The predicted octanol–water partition coefficient (Wildman–Crippen LogP) is 19.0. The summed E-state index contributed by atoms with van der Waals surface area (Å²) in [5.41, 5.74) is 0. The number of unbranched alkanes of at least 4 members (excludes halogenated alkanes) is 28. The van der Waals surface area contributed by atoms with E-state index in [0.29, 0.717) is 19.3 Å². The van der Waals surface area contributed by atoms with Gasteiger partial charge < -0.3 is 14.2 Å². The van der Waals surface area contributed by atoms with Gasteiger partial charge in [0.2, 0.25) is 0 Å². The van der Waals surface area contributed by atoms with Gasteiger partial charge in [-0.25, -0.2) is 0 Å². The lowest BCUT2D eigenvalue weighted by molar-refractivity contribution is -0.167. The lowest BCUT2D eigenvalue weighted by Gasteiger charge is -2.18. The molecule has 1 atom stereocenters. The Kier molecular flexibility index (Phi) is 52.8. The summed E-state index contributed by atoms with van der Waals surface area (Å²) in [5, 5.41) is 0. The highest BCUT2D eigenvalue weighted by Gasteiger charge is 2.19. The van der Waals surface area contributed by atoms with Gasteiger partial charge in [-0.3, -0.25) is 14.4 Å². The molecule has 0 bridgehead atoms. The number of allylic oxidation sites excluding steroid dienone is 12. The van der Waals surface area contributed by atoms with Crippen LogP contribution in [0.3, 0.4) is 0 Å². The van der Waals surface area contributed by atoms with Crippen molar-refractivity contribution in [3.05, 3.63) is 72.9 Å². The van der Waals surface area contributed by atoms with Crippen molar-refractivity contribution in [2.24, 2.45) is 0 Å². The van der Waals surface area contributed by atoms with Gasteiger partial charge in [0.05, 0.1) is 0 Å². The zero-order valence-electron chi connectivity index (χ0n) is 44.2. The maximum absolute atomic E-state index is 12.8. The van der Waals surface area contributed by atoms with Gasteiger partial charge in [-0.2, -0.15) is 0 Å². The summed E-state index contributed by atoms with van der Waals surface area (Å²) >= 11 is 0. The molecule has 1 unspecified atom stereocenters. The maximum atomic E-state index is 12.8. The van der Waals surface area contributed by atoms with Crippen molar-refractivity contribution in [3.8, 4) is 0 Å². The Balaban J connectivity index is 4.29. The first-order valence-electron chi connectivity index (χ1n) is 28.4. The van der Waals surface area contributed by atoms with Gasteiger partial charge in [-0.15, -0.1) is 0 Å². The number of carbonyl (C=O) groups is 3. The standard InChI is InChI=1S/C61H106O6/c1-4-7-10-13-16-19-21-23-25-27-29-30-32-33-35-37-39-42-45-48-51-54-60(63)66-57-58(56-65-59(62)53-50-47-44-41-18-15-12-9-6-3)67-61(64)55-52-49-46-43-40-38-36-34-31-28-26-24-22-20-17-14-11-8-5-2/h7,10,16-17,19-20,23-26,29-30,58H,4-6,8-9,11-15,18,21-22,27-28,31-57H2,1-3H3/b10-7-,19-16-,20-17-,25-23-,26-24-,30-29-. The van der Waals surface area contributed by atoms with Crippen molar-refractivity contribution in [2.75, 3.05) is 13.2 Å². The summed E-state index contributed by atoms with van der Waals surface area (Å²) in [7, 11) is 0. The van der Waals surface area contributed by atoms with Gasteiger partial charge in [0, 0.05) is 19.3 Å². The van der Waals surface area contributed by atoms with E-state index < -0.39 is 6.10 Å². The Bertz CT molecular complexity index is 1260. The van der Waals surface area contributed by atoms with E-state index in [4.69, 9.17) is 14.2 Å². The number of rotatable bonds is 51. The molecule has 0 rings (SSSR count). The molecule has 0 amide bonds. The monoisotopic (exact) mass is 935 g/mol. The molecule has 6 heteroatoms. The minimum Gasteiger partial charge on any atom is -0.462 e. The molecule has 386 valence electrons. The SMILES string of the molecule is CC/C=C\C/C=C\C/C=C\C/C=C\CCCCCCCCCCC(=O)OCC(COC(=O)CCCCCCCCCCC)OC(=O)CCCCCCCCCCC/C=C\C/C=C\CCCCC. The van der Waals surface area contributed by atoms with Crippen LogP contribution in [-0.2, 0) is 28.6 Å². The molecule has 0 saturated carbocycles. The second-order valence-corrected chi connectivity index (χ2v) is 18.8. The molecular weight excluding hydrogens is 829 g/mol. The Hall–Kier alpha value is -3.15. The lowest BCUT2D eigenvalue weighted by atomic mass is 10.1. The normalized spacial score (nSPS) is 12.6. The van der Waals surface area contributed by atoms with Crippen molar-refractivity contribution in [2.45, 2.75) is 284 Å². The molecule has 0 aliphatic carbocycles. The molecule has 6 nitrogen and oxygen atoms in total. The van der Waals surface area contributed by atoms with Crippen molar-refractivity contribution < 1.29 is 28.6 Å². The third-order valence-corrected chi connectivity index (χ3v) is 12.2. The quantitative estimate of drug-likeness (QED) is 0.0262. The third-order valence-electron chi connectivity index (χ3n) is 12.2. The Morgan fingerprint density at radius 2 is 0.582 bits per heavy atom. The molecule has 0 aliphatic rings. The molecule has 0 aromatic carbocycles. The number of carbonyl (C=O) groups excluding carboxylic acids is 3.